The third-order valence-corrected chi connectivity index (χ3v) is 4.58. The van der Waals surface area contributed by atoms with Crippen molar-refractivity contribution in [3.8, 4) is 0 Å². The van der Waals surface area contributed by atoms with E-state index in [0.717, 1.165) is 5.06 Å². The Kier molecular flexibility index (Phi) is 6.40. The molecular weight excluding hydrogens is 351 g/mol. The molecule has 0 aromatic heterocycles. The predicted octanol–water partition coefficient (Wildman–Crippen LogP) is 1.08. The number of benzene rings is 1. The number of hydrogen-bond acceptors (Lipinski definition) is 6. The molecule has 0 radical (unpaired) electrons. The maximum absolute atomic E-state index is 13.3. The standard InChI is InChI=1S/C16H19FN2O5S/c1-24-19(8-10-3-4-11(17)7-13(10)25-2)15(22)12-9-18(5-6-20)16(23)14(12)21/h3-4,7,20-21H,5-6,8-9H2,1-2H3. The molecule has 1 aromatic carbocycles. The number of thioether (sulfide) groups is 1. The van der Waals surface area contributed by atoms with Crippen molar-refractivity contribution < 1.29 is 29.0 Å². The zero-order valence-corrected chi connectivity index (χ0v) is 14.7. The lowest BCUT2D eigenvalue weighted by Crippen LogP contribution is -2.34. The molecule has 136 valence electrons. The van der Waals surface area contributed by atoms with Gasteiger partial charge >= 0.3 is 0 Å². The van der Waals surface area contributed by atoms with E-state index >= 15 is 0 Å². The first-order valence-corrected chi connectivity index (χ1v) is 8.66. The van der Waals surface area contributed by atoms with Gasteiger partial charge in [-0.05, 0) is 24.0 Å². The van der Waals surface area contributed by atoms with Crippen LogP contribution in [0.2, 0.25) is 0 Å². The van der Waals surface area contributed by atoms with Gasteiger partial charge in [0.25, 0.3) is 11.8 Å². The normalized spacial score (nSPS) is 14.4. The van der Waals surface area contributed by atoms with Crippen LogP contribution in [0.1, 0.15) is 5.56 Å². The number of β-amino-alcohol motifs (C(OH)–C–C–N with tert-alkyl or cyclic N) is 1. The summed E-state index contributed by atoms with van der Waals surface area (Å²) < 4.78 is 13.3. The van der Waals surface area contributed by atoms with Crippen LogP contribution in [-0.4, -0.2) is 65.1 Å². The Labute approximate surface area is 148 Å². The Bertz CT molecular complexity index is 710. The molecule has 0 saturated carbocycles. The highest BCUT2D eigenvalue weighted by atomic mass is 32.2. The fourth-order valence-corrected chi connectivity index (χ4v) is 3.09. The van der Waals surface area contributed by atoms with Crippen LogP contribution in [-0.2, 0) is 21.0 Å². The number of hydrogen-bond donors (Lipinski definition) is 2. The Balaban J connectivity index is 2.21. The summed E-state index contributed by atoms with van der Waals surface area (Å²) in [5, 5.41) is 19.9. The van der Waals surface area contributed by atoms with Crippen LogP contribution in [0.4, 0.5) is 4.39 Å². The molecule has 1 aromatic rings. The first kappa shape index (κ1) is 19.2. The van der Waals surface area contributed by atoms with E-state index in [4.69, 9.17) is 9.94 Å². The summed E-state index contributed by atoms with van der Waals surface area (Å²) >= 11 is 1.33. The molecule has 0 bridgehead atoms. The molecule has 1 heterocycles. The molecule has 2 N–H and O–H groups in total. The van der Waals surface area contributed by atoms with Gasteiger partial charge in [0, 0.05) is 11.4 Å². The van der Waals surface area contributed by atoms with E-state index in [-0.39, 0.29) is 37.6 Å². The average molecular weight is 370 g/mol. The molecule has 9 heteroatoms. The van der Waals surface area contributed by atoms with Crippen LogP contribution < -0.4 is 0 Å². The lowest BCUT2D eigenvalue weighted by molar-refractivity contribution is -0.175. The molecule has 2 amide bonds. The largest absolute Gasteiger partial charge is 0.503 e. The first-order chi connectivity index (χ1) is 11.9. The zero-order valence-electron chi connectivity index (χ0n) is 13.9. The fraction of sp³-hybridized carbons (Fsp3) is 0.375. The number of aliphatic hydroxyl groups is 2. The molecule has 0 atom stereocenters. The van der Waals surface area contributed by atoms with Gasteiger partial charge in [-0.15, -0.1) is 11.8 Å². The van der Waals surface area contributed by atoms with Crippen molar-refractivity contribution in [2.75, 3.05) is 33.1 Å². The molecule has 2 rings (SSSR count). The first-order valence-electron chi connectivity index (χ1n) is 7.43. The maximum atomic E-state index is 13.3. The van der Waals surface area contributed by atoms with Crippen LogP contribution in [0.15, 0.2) is 34.4 Å². The lowest BCUT2D eigenvalue weighted by atomic mass is 10.2. The van der Waals surface area contributed by atoms with Gasteiger partial charge < -0.3 is 15.1 Å². The van der Waals surface area contributed by atoms with Crippen LogP contribution >= 0.6 is 11.8 Å². The highest BCUT2D eigenvalue weighted by molar-refractivity contribution is 7.98. The minimum atomic E-state index is -0.708. The van der Waals surface area contributed by atoms with Crippen molar-refractivity contribution >= 4 is 23.6 Å². The van der Waals surface area contributed by atoms with Crippen molar-refractivity contribution in [3.05, 3.63) is 40.9 Å². The molecule has 1 aliphatic heterocycles. The summed E-state index contributed by atoms with van der Waals surface area (Å²) in [7, 11) is 1.29. The van der Waals surface area contributed by atoms with E-state index in [2.05, 4.69) is 0 Å². The summed E-state index contributed by atoms with van der Waals surface area (Å²) in [6.45, 7) is -0.345. The third kappa shape index (κ3) is 4.12. The van der Waals surface area contributed by atoms with Crippen molar-refractivity contribution in [1.82, 2.24) is 9.96 Å². The molecule has 7 nitrogen and oxygen atoms in total. The van der Waals surface area contributed by atoms with Crippen molar-refractivity contribution in [2.24, 2.45) is 0 Å². The Hall–Kier alpha value is -2.10. The van der Waals surface area contributed by atoms with E-state index in [1.54, 1.807) is 12.3 Å². The lowest BCUT2D eigenvalue weighted by Gasteiger charge is -2.22. The number of carbonyl (C=O) groups excluding carboxylic acids is 2. The SMILES string of the molecule is CON(Cc1ccc(F)cc1SC)C(=O)C1=C(O)C(=O)N(CCO)C1. The third-order valence-electron chi connectivity index (χ3n) is 3.76. The highest BCUT2D eigenvalue weighted by Crippen LogP contribution is 2.25. The van der Waals surface area contributed by atoms with E-state index in [9.17, 15) is 19.1 Å². The van der Waals surface area contributed by atoms with Gasteiger partial charge in [-0.1, -0.05) is 6.07 Å². The summed E-state index contributed by atoms with van der Waals surface area (Å²) in [4.78, 5) is 31.4. The number of hydroxylamine groups is 2. The van der Waals surface area contributed by atoms with Gasteiger partial charge in [0.2, 0.25) is 0 Å². The average Bonchev–Trinajstić information content (AvgIpc) is 2.89. The van der Waals surface area contributed by atoms with Crippen molar-refractivity contribution in [1.29, 1.82) is 0 Å². The second-order valence-electron chi connectivity index (χ2n) is 5.26. The van der Waals surface area contributed by atoms with Gasteiger partial charge in [-0.3, -0.25) is 14.4 Å². The monoisotopic (exact) mass is 370 g/mol. The van der Waals surface area contributed by atoms with Crippen molar-refractivity contribution in [3.63, 3.8) is 0 Å². The molecule has 0 aliphatic carbocycles. The Morgan fingerprint density at radius 3 is 2.80 bits per heavy atom. The minimum Gasteiger partial charge on any atom is -0.503 e. The van der Waals surface area contributed by atoms with Crippen molar-refractivity contribution in [2.45, 2.75) is 11.4 Å². The summed E-state index contributed by atoms with van der Waals surface area (Å²) in [5.41, 5.74) is 0.564. The molecule has 0 spiro atoms. The van der Waals surface area contributed by atoms with E-state index in [0.29, 0.717) is 10.5 Å². The quantitative estimate of drug-likeness (QED) is 0.552. The topological polar surface area (TPSA) is 90.3 Å². The van der Waals surface area contributed by atoms with Gasteiger partial charge in [-0.25, -0.2) is 9.45 Å². The highest BCUT2D eigenvalue weighted by Gasteiger charge is 2.36. The van der Waals surface area contributed by atoms with Crippen LogP contribution in [0.5, 0.6) is 0 Å². The van der Waals surface area contributed by atoms with Crippen LogP contribution in [0.25, 0.3) is 0 Å². The molecule has 0 saturated heterocycles. The summed E-state index contributed by atoms with van der Waals surface area (Å²) in [6.07, 6.45) is 1.79. The Morgan fingerprint density at radius 2 is 2.20 bits per heavy atom. The Morgan fingerprint density at radius 1 is 1.48 bits per heavy atom. The minimum absolute atomic E-state index is 0.0151. The molecular formula is C16H19FN2O5S. The van der Waals surface area contributed by atoms with E-state index in [1.807, 2.05) is 0 Å². The van der Waals surface area contributed by atoms with Gasteiger partial charge in [0.05, 0.1) is 32.4 Å². The fourth-order valence-electron chi connectivity index (χ4n) is 2.46. The van der Waals surface area contributed by atoms with Crippen LogP contribution in [0.3, 0.4) is 0 Å². The predicted molar refractivity (Wildman–Crippen MR) is 89.1 cm³/mol. The molecule has 0 unspecified atom stereocenters. The maximum Gasteiger partial charge on any atom is 0.289 e. The molecule has 25 heavy (non-hydrogen) atoms. The zero-order chi connectivity index (χ0) is 18.6. The molecule has 1 aliphatic rings. The number of carbonyl (C=O) groups is 2. The number of aliphatic hydroxyl groups excluding tert-OH is 2. The van der Waals surface area contributed by atoms with Gasteiger partial charge in [0.1, 0.15) is 5.82 Å². The van der Waals surface area contributed by atoms with Gasteiger partial charge in [0.15, 0.2) is 5.76 Å². The molecule has 0 fully saturated rings. The smallest absolute Gasteiger partial charge is 0.289 e. The summed E-state index contributed by atoms with van der Waals surface area (Å²) in [5.74, 6) is -2.40. The number of halogens is 1. The number of rotatable bonds is 7. The van der Waals surface area contributed by atoms with Crippen LogP contribution in [0, 0.1) is 5.82 Å². The van der Waals surface area contributed by atoms with Gasteiger partial charge in [-0.2, -0.15) is 0 Å². The number of nitrogens with zero attached hydrogens (tertiary/aromatic N) is 2. The number of amides is 2. The van der Waals surface area contributed by atoms with E-state index < -0.39 is 17.6 Å². The van der Waals surface area contributed by atoms with E-state index in [1.165, 1.54) is 35.9 Å². The second kappa shape index (κ2) is 8.32. The second-order valence-corrected chi connectivity index (χ2v) is 6.11. The summed E-state index contributed by atoms with van der Waals surface area (Å²) in [6, 6.07) is 4.19.